The molecule has 0 aliphatic rings. The Morgan fingerprint density at radius 3 is 2.46 bits per heavy atom. The molecule has 1 N–H and O–H groups in total. The van der Waals surface area contributed by atoms with Gasteiger partial charge >= 0.3 is 0 Å². The Hall–Kier alpha value is -3.27. The summed E-state index contributed by atoms with van der Waals surface area (Å²) in [4.78, 5) is 12.2. The van der Waals surface area contributed by atoms with Crippen molar-refractivity contribution in [2.45, 2.75) is 13.8 Å². The highest BCUT2D eigenvalue weighted by atomic mass is 16.5. The van der Waals surface area contributed by atoms with Gasteiger partial charge in [0.1, 0.15) is 16.9 Å². The molecule has 0 fully saturated rings. The standard InChI is InChI=1S/C22H19NO3/c1-14-9-15(2)11-17(10-14)25-13-22(24)23-16-7-8-19-18-5-3-4-6-20(18)26-21(19)12-16/h3-12H,13H2,1-2H3,(H,23,24). The Balaban J connectivity index is 1.47. The molecule has 4 rings (SSSR count). The van der Waals surface area contributed by atoms with Crippen molar-refractivity contribution >= 4 is 33.5 Å². The van der Waals surface area contributed by atoms with Crippen LogP contribution in [0.3, 0.4) is 0 Å². The van der Waals surface area contributed by atoms with Crippen molar-refractivity contribution in [2.24, 2.45) is 0 Å². The Kier molecular flexibility index (Phi) is 4.09. The molecule has 0 radical (unpaired) electrons. The van der Waals surface area contributed by atoms with E-state index in [0.717, 1.165) is 33.1 Å². The lowest BCUT2D eigenvalue weighted by Crippen LogP contribution is -2.20. The molecule has 0 aliphatic heterocycles. The van der Waals surface area contributed by atoms with Crippen molar-refractivity contribution in [3.05, 3.63) is 71.8 Å². The van der Waals surface area contributed by atoms with Crippen LogP contribution in [0.1, 0.15) is 11.1 Å². The minimum Gasteiger partial charge on any atom is -0.484 e. The van der Waals surface area contributed by atoms with Gasteiger partial charge in [-0.15, -0.1) is 0 Å². The van der Waals surface area contributed by atoms with Crippen LogP contribution < -0.4 is 10.1 Å². The second-order valence-corrected chi connectivity index (χ2v) is 6.47. The molecule has 4 nitrogen and oxygen atoms in total. The fourth-order valence-corrected chi connectivity index (χ4v) is 3.17. The van der Waals surface area contributed by atoms with Gasteiger partial charge in [0.25, 0.3) is 5.91 Å². The van der Waals surface area contributed by atoms with E-state index in [1.54, 1.807) is 0 Å². The quantitative estimate of drug-likeness (QED) is 0.552. The Morgan fingerprint density at radius 1 is 0.923 bits per heavy atom. The van der Waals surface area contributed by atoms with Crippen LogP contribution >= 0.6 is 0 Å². The number of amides is 1. The minimum absolute atomic E-state index is 0.0406. The Labute approximate surface area is 151 Å². The summed E-state index contributed by atoms with van der Waals surface area (Å²) in [5, 5.41) is 4.95. The van der Waals surface area contributed by atoms with E-state index in [1.165, 1.54) is 0 Å². The van der Waals surface area contributed by atoms with Crippen LogP contribution in [0.2, 0.25) is 0 Å². The molecule has 1 amide bonds. The highest BCUT2D eigenvalue weighted by molar-refractivity contribution is 6.06. The lowest BCUT2D eigenvalue weighted by atomic mass is 10.1. The topological polar surface area (TPSA) is 51.5 Å². The number of fused-ring (bicyclic) bond motifs is 3. The first-order chi connectivity index (χ1) is 12.6. The molecule has 26 heavy (non-hydrogen) atoms. The van der Waals surface area contributed by atoms with Crippen LogP contribution in [-0.4, -0.2) is 12.5 Å². The smallest absolute Gasteiger partial charge is 0.262 e. The summed E-state index contributed by atoms with van der Waals surface area (Å²) in [7, 11) is 0. The van der Waals surface area contributed by atoms with Crippen LogP contribution in [0.25, 0.3) is 21.9 Å². The number of hydrogen-bond acceptors (Lipinski definition) is 3. The van der Waals surface area contributed by atoms with Crippen LogP contribution in [0.4, 0.5) is 5.69 Å². The van der Waals surface area contributed by atoms with Gasteiger partial charge in [0, 0.05) is 22.5 Å². The van der Waals surface area contributed by atoms with Crippen molar-refractivity contribution in [1.29, 1.82) is 0 Å². The predicted molar refractivity (Wildman–Crippen MR) is 104 cm³/mol. The van der Waals surface area contributed by atoms with Gasteiger partial charge in [0.15, 0.2) is 6.61 Å². The first kappa shape index (κ1) is 16.2. The number of furan rings is 1. The van der Waals surface area contributed by atoms with Crippen LogP contribution in [0.15, 0.2) is 65.1 Å². The molecule has 3 aromatic carbocycles. The molecule has 4 heteroatoms. The van der Waals surface area contributed by atoms with E-state index >= 15 is 0 Å². The number of rotatable bonds is 4. The van der Waals surface area contributed by atoms with Crippen LogP contribution in [0.5, 0.6) is 5.75 Å². The third-order valence-electron chi connectivity index (χ3n) is 4.23. The van der Waals surface area contributed by atoms with Crippen molar-refractivity contribution in [3.63, 3.8) is 0 Å². The van der Waals surface area contributed by atoms with E-state index in [2.05, 4.69) is 11.4 Å². The molecule has 1 aromatic heterocycles. The second kappa shape index (κ2) is 6.56. The van der Waals surface area contributed by atoms with E-state index in [1.807, 2.05) is 68.4 Å². The number of ether oxygens (including phenoxy) is 1. The summed E-state index contributed by atoms with van der Waals surface area (Å²) < 4.78 is 11.4. The first-order valence-electron chi connectivity index (χ1n) is 8.51. The van der Waals surface area contributed by atoms with Gasteiger partial charge in [-0.1, -0.05) is 24.3 Å². The molecule has 0 saturated heterocycles. The van der Waals surface area contributed by atoms with E-state index in [-0.39, 0.29) is 12.5 Å². The molecule has 0 bridgehead atoms. The average Bonchev–Trinajstić information content (AvgIpc) is 2.97. The molecule has 1 heterocycles. The van der Waals surface area contributed by atoms with Crippen LogP contribution in [0, 0.1) is 13.8 Å². The van der Waals surface area contributed by atoms with Gasteiger partial charge in [-0.3, -0.25) is 4.79 Å². The van der Waals surface area contributed by atoms with Gasteiger partial charge < -0.3 is 14.5 Å². The summed E-state index contributed by atoms with van der Waals surface area (Å²) >= 11 is 0. The summed E-state index contributed by atoms with van der Waals surface area (Å²) in [6, 6.07) is 19.5. The third-order valence-corrected chi connectivity index (χ3v) is 4.23. The summed E-state index contributed by atoms with van der Waals surface area (Å²) in [5.41, 5.74) is 4.49. The minimum atomic E-state index is -0.209. The average molecular weight is 345 g/mol. The summed E-state index contributed by atoms with van der Waals surface area (Å²) in [5.74, 6) is 0.491. The zero-order chi connectivity index (χ0) is 18.1. The highest BCUT2D eigenvalue weighted by Crippen LogP contribution is 2.30. The van der Waals surface area contributed by atoms with Gasteiger partial charge in [-0.2, -0.15) is 0 Å². The fourth-order valence-electron chi connectivity index (χ4n) is 3.17. The Morgan fingerprint density at radius 2 is 1.65 bits per heavy atom. The van der Waals surface area contributed by atoms with Crippen molar-refractivity contribution in [2.75, 3.05) is 11.9 Å². The van der Waals surface area contributed by atoms with Gasteiger partial charge in [-0.05, 0) is 55.3 Å². The number of benzene rings is 3. The van der Waals surface area contributed by atoms with Gasteiger partial charge in [0.2, 0.25) is 0 Å². The normalized spacial score (nSPS) is 11.0. The van der Waals surface area contributed by atoms with Crippen LogP contribution in [-0.2, 0) is 4.79 Å². The number of aryl methyl sites for hydroxylation is 2. The van der Waals surface area contributed by atoms with E-state index in [9.17, 15) is 4.79 Å². The zero-order valence-corrected chi connectivity index (χ0v) is 14.7. The van der Waals surface area contributed by atoms with Crippen molar-refractivity contribution in [1.82, 2.24) is 0 Å². The number of carbonyl (C=O) groups is 1. The monoisotopic (exact) mass is 345 g/mol. The lowest BCUT2D eigenvalue weighted by Gasteiger charge is -2.09. The van der Waals surface area contributed by atoms with Gasteiger partial charge in [-0.25, -0.2) is 0 Å². The molecule has 0 unspecified atom stereocenters. The lowest BCUT2D eigenvalue weighted by molar-refractivity contribution is -0.118. The van der Waals surface area contributed by atoms with E-state index in [4.69, 9.17) is 9.15 Å². The number of carbonyl (C=O) groups excluding carboxylic acids is 1. The second-order valence-electron chi connectivity index (χ2n) is 6.47. The number of nitrogens with one attached hydrogen (secondary N) is 1. The van der Waals surface area contributed by atoms with E-state index in [0.29, 0.717) is 11.4 Å². The van der Waals surface area contributed by atoms with Crippen molar-refractivity contribution < 1.29 is 13.9 Å². The predicted octanol–water partition coefficient (Wildman–Crippen LogP) is 5.22. The molecular weight excluding hydrogens is 326 g/mol. The SMILES string of the molecule is Cc1cc(C)cc(OCC(=O)Nc2ccc3c(c2)oc2ccccc23)c1. The van der Waals surface area contributed by atoms with Crippen molar-refractivity contribution in [3.8, 4) is 5.75 Å². The Bertz CT molecular complexity index is 1090. The molecule has 0 atom stereocenters. The maximum Gasteiger partial charge on any atom is 0.262 e. The number of anilines is 1. The maximum absolute atomic E-state index is 12.2. The molecule has 130 valence electrons. The fraction of sp³-hybridized carbons (Fsp3) is 0.136. The first-order valence-corrected chi connectivity index (χ1v) is 8.51. The highest BCUT2D eigenvalue weighted by Gasteiger charge is 2.09. The molecule has 0 saturated carbocycles. The number of para-hydroxylation sites is 1. The molecule has 4 aromatic rings. The largest absolute Gasteiger partial charge is 0.484 e. The zero-order valence-electron chi connectivity index (χ0n) is 14.7. The maximum atomic E-state index is 12.2. The molecular formula is C22H19NO3. The van der Waals surface area contributed by atoms with E-state index < -0.39 is 0 Å². The number of hydrogen-bond donors (Lipinski definition) is 1. The molecule has 0 spiro atoms. The molecule has 0 aliphatic carbocycles. The summed E-state index contributed by atoms with van der Waals surface area (Å²) in [6.07, 6.45) is 0. The third kappa shape index (κ3) is 3.26. The van der Waals surface area contributed by atoms with Gasteiger partial charge in [0.05, 0.1) is 0 Å². The summed E-state index contributed by atoms with van der Waals surface area (Å²) in [6.45, 7) is 3.96.